The summed E-state index contributed by atoms with van der Waals surface area (Å²) in [6.45, 7) is 0.410. The molecule has 0 unspecified atom stereocenters. The van der Waals surface area contributed by atoms with E-state index in [4.69, 9.17) is 5.73 Å². The molecule has 0 saturated heterocycles. The van der Waals surface area contributed by atoms with Gasteiger partial charge in [-0.05, 0) is 50.3 Å². The Morgan fingerprint density at radius 1 is 1.38 bits per heavy atom. The monoisotopic (exact) mass is 463 g/mol. The van der Waals surface area contributed by atoms with Crippen molar-refractivity contribution in [3.63, 3.8) is 0 Å². The summed E-state index contributed by atoms with van der Waals surface area (Å²) in [7, 11) is 1.64. The first-order valence-electron chi connectivity index (χ1n) is 11.5. The molecule has 0 bridgehead atoms. The zero-order valence-corrected chi connectivity index (χ0v) is 19.2. The average molecular weight is 464 g/mol. The average Bonchev–Trinajstić information content (AvgIpc) is 3.61. The lowest BCUT2D eigenvalue weighted by Gasteiger charge is -2.25. The van der Waals surface area contributed by atoms with Crippen molar-refractivity contribution in [2.45, 2.75) is 50.7 Å². The Labute approximate surface area is 198 Å². The van der Waals surface area contributed by atoms with Crippen LogP contribution in [0, 0.1) is 17.8 Å². The molecule has 9 heteroatoms. The van der Waals surface area contributed by atoms with Crippen LogP contribution in [0.2, 0.25) is 0 Å². The Morgan fingerprint density at radius 2 is 2.18 bits per heavy atom. The number of nitrogens with zero attached hydrogens (tertiary/aromatic N) is 3. The molecule has 9 nitrogen and oxygen atoms in total. The van der Waals surface area contributed by atoms with E-state index in [1.807, 2.05) is 24.3 Å². The minimum atomic E-state index is -0.860. The van der Waals surface area contributed by atoms with E-state index in [9.17, 15) is 19.5 Å². The summed E-state index contributed by atoms with van der Waals surface area (Å²) in [5.41, 5.74) is 8.82. The molecule has 1 aromatic heterocycles. The van der Waals surface area contributed by atoms with Crippen LogP contribution in [0.3, 0.4) is 0 Å². The highest BCUT2D eigenvalue weighted by Crippen LogP contribution is 2.36. The normalized spacial score (nSPS) is 17.6. The Morgan fingerprint density at radius 3 is 2.88 bits per heavy atom. The molecule has 1 aromatic carbocycles. The number of nitrogens with two attached hydrogens (primary N) is 1. The zero-order chi connectivity index (χ0) is 24.2. The van der Waals surface area contributed by atoms with Crippen molar-refractivity contribution in [3.05, 3.63) is 46.8 Å². The van der Waals surface area contributed by atoms with Gasteiger partial charge in [0.15, 0.2) is 5.69 Å². The van der Waals surface area contributed by atoms with E-state index in [0.717, 1.165) is 37.1 Å². The Balaban J connectivity index is 1.60. The van der Waals surface area contributed by atoms with Gasteiger partial charge in [0.25, 0.3) is 5.91 Å². The zero-order valence-electron chi connectivity index (χ0n) is 19.2. The first-order chi connectivity index (χ1) is 16.4. The minimum Gasteiger partial charge on any atom is -0.380 e. The fourth-order valence-electron chi connectivity index (χ4n) is 4.20. The first-order valence-corrected chi connectivity index (χ1v) is 11.5. The fraction of sp³-hybridized carbons (Fsp3) is 0.440. The maximum Gasteiger partial charge on any atom is 0.269 e. The summed E-state index contributed by atoms with van der Waals surface area (Å²) in [5.74, 6) is 5.24. The van der Waals surface area contributed by atoms with E-state index in [-0.39, 0.29) is 23.6 Å². The van der Waals surface area contributed by atoms with Gasteiger partial charge < -0.3 is 21.1 Å². The molecule has 34 heavy (non-hydrogen) atoms. The highest BCUT2D eigenvalue weighted by Gasteiger charge is 2.36. The molecule has 1 heterocycles. The second-order valence-corrected chi connectivity index (χ2v) is 8.92. The SMILES string of the molecule is CN(C=O)CC[C@@H](O)C#Cc1cccc(-n2nc(C(N)=O)c3c2CCC[C@H]3NC(=O)C2CC2)c1. The minimum absolute atomic E-state index is 0.0242. The number of hydrogen-bond donors (Lipinski definition) is 3. The van der Waals surface area contributed by atoms with Gasteiger partial charge in [-0.25, -0.2) is 4.68 Å². The van der Waals surface area contributed by atoms with Crippen molar-refractivity contribution >= 4 is 18.2 Å². The predicted molar refractivity (Wildman–Crippen MR) is 125 cm³/mol. The summed E-state index contributed by atoms with van der Waals surface area (Å²) in [6.07, 6.45) is 4.31. The van der Waals surface area contributed by atoms with Crippen LogP contribution in [-0.2, 0) is 16.0 Å². The number of aliphatic hydroxyl groups excluding tert-OH is 1. The van der Waals surface area contributed by atoms with Crippen molar-refractivity contribution in [3.8, 4) is 17.5 Å². The maximum absolute atomic E-state index is 12.4. The molecular weight excluding hydrogens is 434 g/mol. The molecule has 2 aliphatic carbocycles. The number of fused-ring (bicyclic) bond motifs is 1. The number of aliphatic hydroxyl groups is 1. The topological polar surface area (TPSA) is 131 Å². The van der Waals surface area contributed by atoms with Crippen LogP contribution in [0.5, 0.6) is 0 Å². The largest absolute Gasteiger partial charge is 0.380 e. The standard InChI is InChI=1S/C25H29N5O4/c1-29(15-31)13-12-19(32)11-8-16-4-2-5-18(14-16)30-21-7-3-6-20(27-25(34)17-9-10-17)22(21)23(28-30)24(26)33/h2,4-5,14-15,17,19-20,32H,3,6-7,9-10,12-13H2,1H3,(H2,26,33)(H,27,34)/t19-,20+/m0/s1. The molecule has 2 atom stereocenters. The van der Waals surface area contributed by atoms with Gasteiger partial charge in [-0.15, -0.1) is 0 Å². The second kappa shape index (κ2) is 10.1. The van der Waals surface area contributed by atoms with Crippen LogP contribution in [0.4, 0.5) is 0 Å². The van der Waals surface area contributed by atoms with Crippen LogP contribution in [0.15, 0.2) is 24.3 Å². The second-order valence-electron chi connectivity index (χ2n) is 8.92. The summed E-state index contributed by atoms with van der Waals surface area (Å²) in [5, 5.41) is 17.7. The number of primary amides is 1. The van der Waals surface area contributed by atoms with Gasteiger partial charge in [-0.1, -0.05) is 17.9 Å². The summed E-state index contributed by atoms with van der Waals surface area (Å²) in [6, 6.07) is 7.08. The van der Waals surface area contributed by atoms with Gasteiger partial charge in [-0.2, -0.15) is 5.10 Å². The number of carbonyl (C=O) groups is 3. The highest BCUT2D eigenvalue weighted by molar-refractivity contribution is 5.93. The molecule has 0 aliphatic heterocycles. The van der Waals surface area contributed by atoms with Crippen molar-refractivity contribution in [2.75, 3.05) is 13.6 Å². The third-order valence-corrected chi connectivity index (χ3v) is 6.18. The Bertz CT molecular complexity index is 1160. The highest BCUT2D eigenvalue weighted by atomic mass is 16.3. The van der Waals surface area contributed by atoms with Crippen molar-refractivity contribution in [1.29, 1.82) is 0 Å². The molecule has 0 spiro atoms. The Kier molecular flexibility index (Phi) is 6.98. The molecule has 4 rings (SSSR count). The number of hydrogen-bond acceptors (Lipinski definition) is 5. The van der Waals surface area contributed by atoms with Crippen LogP contribution in [0.1, 0.15) is 65.5 Å². The number of nitrogens with one attached hydrogen (secondary N) is 1. The lowest BCUT2D eigenvalue weighted by atomic mass is 9.90. The van der Waals surface area contributed by atoms with Crippen molar-refractivity contribution in [1.82, 2.24) is 20.0 Å². The van der Waals surface area contributed by atoms with E-state index in [0.29, 0.717) is 36.9 Å². The van der Waals surface area contributed by atoms with Gasteiger partial charge in [0.05, 0.1) is 17.4 Å². The molecule has 1 fully saturated rings. The molecule has 2 aliphatic rings. The van der Waals surface area contributed by atoms with Crippen molar-refractivity contribution in [2.24, 2.45) is 11.7 Å². The molecule has 0 radical (unpaired) electrons. The molecule has 3 amide bonds. The predicted octanol–water partition coefficient (Wildman–Crippen LogP) is 1.07. The third-order valence-electron chi connectivity index (χ3n) is 6.18. The van der Waals surface area contributed by atoms with E-state index < -0.39 is 12.0 Å². The van der Waals surface area contributed by atoms with E-state index in [2.05, 4.69) is 22.3 Å². The molecule has 2 aromatic rings. The molecule has 4 N–H and O–H groups in total. The fourth-order valence-corrected chi connectivity index (χ4v) is 4.20. The van der Waals surface area contributed by atoms with Crippen LogP contribution in [-0.4, -0.2) is 57.7 Å². The van der Waals surface area contributed by atoms with Gasteiger partial charge >= 0.3 is 0 Å². The first kappa shape index (κ1) is 23.5. The third kappa shape index (κ3) is 5.29. The molecule has 1 saturated carbocycles. The number of carbonyl (C=O) groups excluding carboxylic acids is 3. The van der Waals surface area contributed by atoms with Gasteiger partial charge in [0, 0.05) is 37.1 Å². The summed E-state index contributed by atoms with van der Waals surface area (Å²) < 4.78 is 1.71. The molecular formula is C25H29N5O4. The number of amides is 3. The van der Waals surface area contributed by atoms with Gasteiger partial charge in [0.1, 0.15) is 6.10 Å². The summed E-state index contributed by atoms with van der Waals surface area (Å²) in [4.78, 5) is 36.8. The quantitative estimate of drug-likeness (QED) is 0.398. The lowest BCUT2D eigenvalue weighted by Crippen LogP contribution is -2.33. The number of benzene rings is 1. The van der Waals surface area contributed by atoms with Crippen molar-refractivity contribution < 1.29 is 19.5 Å². The van der Waals surface area contributed by atoms with Gasteiger partial charge in [-0.3, -0.25) is 14.4 Å². The van der Waals surface area contributed by atoms with E-state index in [1.165, 1.54) is 4.90 Å². The maximum atomic E-state index is 12.4. The van der Waals surface area contributed by atoms with Crippen LogP contribution < -0.4 is 11.1 Å². The lowest BCUT2D eigenvalue weighted by molar-refractivity contribution is -0.123. The number of aromatic nitrogens is 2. The van der Waals surface area contributed by atoms with E-state index in [1.54, 1.807) is 11.7 Å². The van der Waals surface area contributed by atoms with Gasteiger partial charge in [0.2, 0.25) is 12.3 Å². The summed E-state index contributed by atoms with van der Waals surface area (Å²) >= 11 is 0. The van der Waals surface area contributed by atoms with Crippen LogP contribution in [0.25, 0.3) is 5.69 Å². The Hall–Kier alpha value is -3.64. The smallest absolute Gasteiger partial charge is 0.269 e. The van der Waals surface area contributed by atoms with E-state index >= 15 is 0 Å². The van der Waals surface area contributed by atoms with Crippen LogP contribution >= 0.6 is 0 Å². The molecule has 178 valence electrons. The number of rotatable bonds is 8.